The Morgan fingerprint density at radius 1 is 1.45 bits per heavy atom. The van der Waals surface area contributed by atoms with Crippen LogP contribution >= 0.6 is 0 Å². The fraction of sp³-hybridized carbons (Fsp3) is 0.667. The summed E-state index contributed by atoms with van der Waals surface area (Å²) in [5.74, 6) is 0.692. The zero-order valence-corrected chi connectivity index (χ0v) is 11.7. The summed E-state index contributed by atoms with van der Waals surface area (Å²) in [4.78, 5) is 4.34. The molecule has 0 bridgehead atoms. The molecule has 3 rings (SSSR count). The average Bonchev–Trinajstić information content (AvgIpc) is 2.94. The van der Waals surface area contributed by atoms with Crippen LogP contribution in [0.25, 0.3) is 0 Å². The molecule has 5 heteroatoms. The molecule has 20 heavy (non-hydrogen) atoms. The average molecular weight is 279 g/mol. The van der Waals surface area contributed by atoms with Gasteiger partial charge in [0.25, 0.3) is 0 Å². The predicted octanol–water partition coefficient (Wildman–Crippen LogP) is 1.71. The van der Waals surface area contributed by atoms with Gasteiger partial charge in [-0.3, -0.25) is 0 Å². The highest BCUT2D eigenvalue weighted by Crippen LogP contribution is 2.40. The van der Waals surface area contributed by atoms with Crippen LogP contribution in [0.4, 0.5) is 0 Å². The first-order valence-electron chi connectivity index (χ1n) is 7.13. The van der Waals surface area contributed by atoms with Gasteiger partial charge in [0.15, 0.2) is 0 Å². The van der Waals surface area contributed by atoms with E-state index >= 15 is 0 Å². The Morgan fingerprint density at radius 2 is 2.35 bits per heavy atom. The van der Waals surface area contributed by atoms with Crippen molar-refractivity contribution in [1.82, 2.24) is 4.98 Å². The van der Waals surface area contributed by atoms with Gasteiger partial charge in [-0.25, -0.2) is 4.98 Å². The quantitative estimate of drug-likeness (QED) is 0.912. The van der Waals surface area contributed by atoms with Crippen LogP contribution in [-0.2, 0) is 9.47 Å². The Bertz CT molecular complexity index is 459. The van der Waals surface area contributed by atoms with Crippen LogP contribution in [0.2, 0.25) is 0 Å². The summed E-state index contributed by atoms with van der Waals surface area (Å²) in [7, 11) is 1.58. The summed E-state index contributed by atoms with van der Waals surface area (Å²) in [6, 6.07) is 5.49. The molecule has 1 aromatic heterocycles. The summed E-state index contributed by atoms with van der Waals surface area (Å²) >= 11 is 0. The van der Waals surface area contributed by atoms with Crippen LogP contribution in [-0.4, -0.2) is 42.6 Å². The largest absolute Gasteiger partial charge is 0.481 e. The predicted molar refractivity (Wildman–Crippen MR) is 72.6 cm³/mol. The van der Waals surface area contributed by atoms with E-state index in [2.05, 4.69) is 4.98 Å². The molecule has 1 N–H and O–H groups in total. The number of rotatable bonds is 3. The summed E-state index contributed by atoms with van der Waals surface area (Å²) in [6.45, 7) is 2.07. The highest BCUT2D eigenvalue weighted by Gasteiger charge is 2.43. The molecule has 2 aliphatic heterocycles. The molecule has 3 heterocycles. The SMILES string of the molecule is COc1cccc(C(O)C2CCOC3(CCOC3)C2)n1. The van der Waals surface area contributed by atoms with E-state index in [1.165, 1.54) is 0 Å². The number of aromatic nitrogens is 1. The molecule has 0 amide bonds. The molecular formula is C15H21NO4. The summed E-state index contributed by atoms with van der Waals surface area (Å²) < 4.78 is 16.5. The lowest BCUT2D eigenvalue weighted by molar-refractivity contribution is -0.117. The fourth-order valence-corrected chi connectivity index (χ4v) is 3.15. The molecule has 2 aliphatic rings. The first kappa shape index (κ1) is 13.8. The minimum absolute atomic E-state index is 0.157. The minimum Gasteiger partial charge on any atom is -0.481 e. The highest BCUT2D eigenvalue weighted by atomic mass is 16.6. The van der Waals surface area contributed by atoms with E-state index in [4.69, 9.17) is 14.2 Å². The highest BCUT2D eigenvalue weighted by molar-refractivity contribution is 5.18. The molecule has 0 aromatic carbocycles. The molecule has 3 unspecified atom stereocenters. The number of ether oxygens (including phenoxy) is 3. The number of nitrogens with zero attached hydrogens (tertiary/aromatic N) is 1. The fourth-order valence-electron chi connectivity index (χ4n) is 3.15. The maximum absolute atomic E-state index is 10.6. The van der Waals surface area contributed by atoms with Gasteiger partial charge < -0.3 is 19.3 Å². The number of methoxy groups -OCH3 is 1. The smallest absolute Gasteiger partial charge is 0.213 e. The number of hydrogen-bond donors (Lipinski definition) is 1. The molecule has 2 fully saturated rings. The zero-order valence-electron chi connectivity index (χ0n) is 11.7. The van der Waals surface area contributed by atoms with Crippen LogP contribution in [0, 0.1) is 5.92 Å². The molecule has 0 saturated carbocycles. The number of aliphatic hydroxyl groups excluding tert-OH is 1. The van der Waals surface area contributed by atoms with E-state index in [0.717, 1.165) is 25.9 Å². The van der Waals surface area contributed by atoms with Gasteiger partial charge in [-0.05, 0) is 24.8 Å². The lowest BCUT2D eigenvalue weighted by atomic mass is 9.81. The Kier molecular flexibility index (Phi) is 3.92. The van der Waals surface area contributed by atoms with E-state index in [0.29, 0.717) is 24.8 Å². The van der Waals surface area contributed by atoms with Crippen molar-refractivity contribution in [3.05, 3.63) is 23.9 Å². The molecule has 110 valence electrons. The van der Waals surface area contributed by atoms with Gasteiger partial charge in [0.2, 0.25) is 5.88 Å². The maximum atomic E-state index is 10.6. The van der Waals surface area contributed by atoms with Crippen molar-refractivity contribution in [2.75, 3.05) is 26.9 Å². The van der Waals surface area contributed by atoms with Crippen molar-refractivity contribution in [3.63, 3.8) is 0 Å². The second-order valence-electron chi connectivity index (χ2n) is 5.64. The third-order valence-electron chi connectivity index (χ3n) is 4.30. The summed E-state index contributed by atoms with van der Waals surface area (Å²) in [5.41, 5.74) is 0.480. The van der Waals surface area contributed by atoms with Gasteiger partial charge in [-0.1, -0.05) is 6.07 Å². The third-order valence-corrected chi connectivity index (χ3v) is 4.30. The van der Waals surface area contributed by atoms with E-state index in [9.17, 15) is 5.11 Å². The van der Waals surface area contributed by atoms with E-state index in [-0.39, 0.29) is 11.5 Å². The van der Waals surface area contributed by atoms with Crippen molar-refractivity contribution in [1.29, 1.82) is 0 Å². The van der Waals surface area contributed by atoms with Crippen LogP contribution in [0.5, 0.6) is 5.88 Å². The molecule has 1 aromatic rings. The van der Waals surface area contributed by atoms with Crippen LogP contribution in [0.3, 0.4) is 0 Å². The summed E-state index contributed by atoms with van der Waals surface area (Å²) in [5, 5.41) is 10.6. The number of pyridine rings is 1. The lowest BCUT2D eigenvalue weighted by Gasteiger charge is -2.38. The first-order valence-corrected chi connectivity index (χ1v) is 7.13. The normalized spacial score (nSPS) is 31.4. The van der Waals surface area contributed by atoms with Crippen LogP contribution in [0.1, 0.15) is 31.1 Å². The first-order chi connectivity index (χ1) is 9.72. The molecule has 1 spiro atoms. The topological polar surface area (TPSA) is 60.8 Å². The van der Waals surface area contributed by atoms with Gasteiger partial charge in [-0.15, -0.1) is 0 Å². The number of aliphatic hydroxyl groups is 1. The van der Waals surface area contributed by atoms with E-state index < -0.39 is 6.10 Å². The Balaban J connectivity index is 1.74. The zero-order chi connectivity index (χ0) is 14.0. The van der Waals surface area contributed by atoms with Gasteiger partial charge in [0.05, 0.1) is 31.1 Å². The van der Waals surface area contributed by atoms with Gasteiger partial charge in [0, 0.05) is 25.7 Å². The Labute approximate surface area is 118 Å². The van der Waals surface area contributed by atoms with Crippen molar-refractivity contribution >= 4 is 0 Å². The van der Waals surface area contributed by atoms with E-state index in [1.54, 1.807) is 13.2 Å². The van der Waals surface area contributed by atoms with Crippen molar-refractivity contribution in [2.24, 2.45) is 5.92 Å². The maximum Gasteiger partial charge on any atom is 0.213 e. The second-order valence-corrected chi connectivity index (χ2v) is 5.64. The minimum atomic E-state index is -0.577. The molecule has 2 saturated heterocycles. The molecule has 0 radical (unpaired) electrons. The monoisotopic (exact) mass is 279 g/mol. The van der Waals surface area contributed by atoms with Crippen LogP contribution < -0.4 is 4.74 Å². The Morgan fingerprint density at radius 3 is 3.10 bits per heavy atom. The third kappa shape index (κ3) is 2.66. The second kappa shape index (κ2) is 5.68. The van der Waals surface area contributed by atoms with Crippen molar-refractivity contribution in [2.45, 2.75) is 31.0 Å². The molecule has 0 aliphatic carbocycles. The van der Waals surface area contributed by atoms with Crippen molar-refractivity contribution < 1.29 is 19.3 Å². The standard InChI is InChI=1S/C15H21NO4/c1-18-13-4-2-3-12(16-13)14(17)11-5-7-20-15(9-11)6-8-19-10-15/h2-4,11,14,17H,5-10H2,1H3. The molecule has 3 atom stereocenters. The van der Waals surface area contributed by atoms with Gasteiger partial charge >= 0.3 is 0 Å². The number of hydrogen-bond acceptors (Lipinski definition) is 5. The Hall–Kier alpha value is -1.17. The van der Waals surface area contributed by atoms with Gasteiger partial charge in [-0.2, -0.15) is 0 Å². The van der Waals surface area contributed by atoms with Crippen LogP contribution in [0.15, 0.2) is 18.2 Å². The van der Waals surface area contributed by atoms with Gasteiger partial charge in [0.1, 0.15) is 0 Å². The summed E-state index contributed by atoms with van der Waals surface area (Å²) in [6.07, 6.45) is 2.02. The van der Waals surface area contributed by atoms with Crippen molar-refractivity contribution in [3.8, 4) is 5.88 Å². The lowest BCUT2D eigenvalue weighted by Crippen LogP contribution is -2.42. The molecular weight excluding hydrogens is 258 g/mol. The van der Waals surface area contributed by atoms with E-state index in [1.807, 2.05) is 12.1 Å². The molecule has 5 nitrogen and oxygen atoms in total.